The Labute approximate surface area is 112 Å². The average molecular weight is 255 g/mol. The molecule has 1 amide bonds. The molecule has 98 valence electrons. The van der Waals surface area contributed by atoms with Crippen molar-refractivity contribution in [1.82, 2.24) is 14.9 Å². The second kappa shape index (κ2) is 5.52. The number of imidazole rings is 1. The Bertz CT molecular complexity index is 584. The van der Waals surface area contributed by atoms with Crippen LogP contribution < -0.4 is 5.32 Å². The summed E-state index contributed by atoms with van der Waals surface area (Å²) in [5.41, 5.74) is 2.17. The van der Waals surface area contributed by atoms with Gasteiger partial charge in [-0.15, -0.1) is 0 Å². The van der Waals surface area contributed by atoms with Crippen molar-refractivity contribution in [2.45, 2.75) is 13.0 Å². The van der Waals surface area contributed by atoms with Gasteiger partial charge in [0.25, 0.3) is 0 Å². The molecule has 1 aromatic carbocycles. The molecule has 1 atom stereocenters. The van der Waals surface area contributed by atoms with Crippen LogP contribution in [-0.2, 0) is 11.8 Å². The van der Waals surface area contributed by atoms with Gasteiger partial charge in [0.1, 0.15) is 11.9 Å². The molecule has 0 saturated carbocycles. The fraction of sp³-hybridized carbons (Fsp3) is 0.200. The normalized spacial score (nSPS) is 11.9. The van der Waals surface area contributed by atoms with Crippen molar-refractivity contribution >= 4 is 5.91 Å². The Morgan fingerprint density at radius 1 is 1.42 bits per heavy atom. The molecule has 0 aliphatic rings. The molecule has 4 nitrogen and oxygen atoms in total. The summed E-state index contributed by atoms with van der Waals surface area (Å²) in [6.45, 7) is 5.52. The zero-order valence-corrected chi connectivity index (χ0v) is 11.1. The number of nitrogens with one attached hydrogen (secondary N) is 1. The summed E-state index contributed by atoms with van der Waals surface area (Å²) in [5, 5.41) is 2.91. The van der Waals surface area contributed by atoms with E-state index < -0.39 is 0 Å². The Morgan fingerprint density at radius 2 is 2.11 bits per heavy atom. The van der Waals surface area contributed by atoms with Crippen LogP contribution in [-0.4, -0.2) is 15.5 Å². The molecule has 0 radical (unpaired) electrons. The maximum atomic E-state index is 11.6. The summed E-state index contributed by atoms with van der Waals surface area (Å²) in [5.74, 6) is 0.577. The molecule has 2 aromatic rings. The molecule has 1 aromatic heterocycles. The second-order valence-electron chi connectivity index (χ2n) is 4.45. The molecule has 19 heavy (non-hydrogen) atoms. The Morgan fingerprint density at radius 3 is 2.63 bits per heavy atom. The number of hydrogen-bond acceptors (Lipinski definition) is 2. The van der Waals surface area contributed by atoms with Gasteiger partial charge in [-0.3, -0.25) is 4.79 Å². The van der Waals surface area contributed by atoms with Crippen molar-refractivity contribution in [2.24, 2.45) is 7.05 Å². The minimum Gasteiger partial charge on any atom is -0.339 e. The van der Waals surface area contributed by atoms with Crippen LogP contribution in [0.15, 0.2) is 49.3 Å². The maximum absolute atomic E-state index is 11.6. The second-order valence-corrected chi connectivity index (χ2v) is 4.45. The lowest BCUT2D eigenvalue weighted by atomic mass is 10.0. The number of nitrogens with zero attached hydrogens (tertiary/aromatic N) is 2. The quantitative estimate of drug-likeness (QED) is 0.851. The van der Waals surface area contributed by atoms with Gasteiger partial charge in [0, 0.05) is 19.4 Å². The van der Waals surface area contributed by atoms with Crippen molar-refractivity contribution in [2.75, 3.05) is 0 Å². The lowest BCUT2D eigenvalue weighted by Crippen LogP contribution is -2.29. The molecular formula is C15H17N3O. The Hall–Kier alpha value is -2.36. The van der Waals surface area contributed by atoms with E-state index in [4.69, 9.17) is 0 Å². The van der Waals surface area contributed by atoms with Gasteiger partial charge < -0.3 is 9.88 Å². The number of rotatable bonds is 4. The van der Waals surface area contributed by atoms with E-state index in [0.717, 1.165) is 11.4 Å². The van der Waals surface area contributed by atoms with Crippen LogP contribution in [0.1, 0.15) is 23.0 Å². The van der Waals surface area contributed by atoms with Crippen LogP contribution in [0.4, 0.5) is 0 Å². The highest BCUT2D eigenvalue weighted by molar-refractivity contribution is 5.87. The molecule has 1 unspecified atom stereocenters. The van der Waals surface area contributed by atoms with Gasteiger partial charge in [-0.2, -0.15) is 0 Å². The average Bonchev–Trinajstić information content (AvgIpc) is 2.83. The number of aryl methyl sites for hydroxylation is 2. The van der Waals surface area contributed by atoms with E-state index >= 15 is 0 Å². The van der Waals surface area contributed by atoms with Crippen LogP contribution in [0.2, 0.25) is 0 Å². The monoisotopic (exact) mass is 255 g/mol. The molecule has 1 N–H and O–H groups in total. The Balaban J connectivity index is 2.39. The number of benzene rings is 1. The molecule has 2 rings (SSSR count). The molecule has 0 fully saturated rings. The van der Waals surface area contributed by atoms with E-state index in [1.54, 1.807) is 6.20 Å². The minimum absolute atomic E-state index is 0.214. The summed E-state index contributed by atoms with van der Waals surface area (Å²) >= 11 is 0. The summed E-state index contributed by atoms with van der Waals surface area (Å²) in [6, 6.07) is 7.76. The molecule has 1 heterocycles. The van der Waals surface area contributed by atoms with E-state index in [9.17, 15) is 4.79 Å². The van der Waals surface area contributed by atoms with Gasteiger partial charge in [-0.25, -0.2) is 4.98 Å². The number of amides is 1. The highest BCUT2D eigenvalue weighted by Crippen LogP contribution is 2.20. The topological polar surface area (TPSA) is 46.9 Å². The molecule has 0 aliphatic heterocycles. The van der Waals surface area contributed by atoms with E-state index in [1.165, 1.54) is 11.6 Å². The molecule has 0 aliphatic carbocycles. The Kier molecular flexibility index (Phi) is 3.80. The van der Waals surface area contributed by atoms with Crippen LogP contribution >= 0.6 is 0 Å². The minimum atomic E-state index is -0.272. The van der Waals surface area contributed by atoms with Gasteiger partial charge in [-0.1, -0.05) is 36.4 Å². The third-order valence-electron chi connectivity index (χ3n) is 3.00. The van der Waals surface area contributed by atoms with E-state index in [1.807, 2.05) is 49.0 Å². The first kappa shape index (κ1) is 13.1. The SMILES string of the molecule is C=CC(=O)NC(c1ccc(C)cc1)c1nccn1C. The molecular weight excluding hydrogens is 238 g/mol. The van der Waals surface area contributed by atoms with E-state index in [2.05, 4.69) is 16.9 Å². The fourth-order valence-electron chi connectivity index (χ4n) is 1.91. The van der Waals surface area contributed by atoms with Crippen molar-refractivity contribution in [3.63, 3.8) is 0 Å². The smallest absolute Gasteiger partial charge is 0.244 e. The lowest BCUT2D eigenvalue weighted by Gasteiger charge is -2.18. The summed E-state index contributed by atoms with van der Waals surface area (Å²) < 4.78 is 1.90. The summed E-state index contributed by atoms with van der Waals surface area (Å²) in [6.07, 6.45) is 4.84. The van der Waals surface area contributed by atoms with E-state index in [-0.39, 0.29) is 11.9 Å². The van der Waals surface area contributed by atoms with Gasteiger partial charge in [-0.05, 0) is 18.6 Å². The van der Waals surface area contributed by atoms with Gasteiger partial charge >= 0.3 is 0 Å². The van der Waals surface area contributed by atoms with E-state index in [0.29, 0.717) is 0 Å². The summed E-state index contributed by atoms with van der Waals surface area (Å²) in [4.78, 5) is 15.9. The summed E-state index contributed by atoms with van der Waals surface area (Å²) in [7, 11) is 1.91. The molecule has 0 bridgehead atoms. The predicted molar refractivity (Wildman–Crippen MR) is 74.6 cm³/mol. The number of carbonyl (C=O) groups is 1. The van der Waals surface area contributed by atoms with Crippen LogP contribution in [0.25, 0.3) is 0 Å². The highest BCUT2D eigenvalue weighted by Gasteiger charge is 2.19. The van der Waals surface area contributed by atoms with Crippen molar-refractivity contribution in [1.29, 1.82) is 0 Å². The number of hydrogen-bond donors (Lipinski definition) is 1. The first-order chi connectivity index (χ1) is 9.11. The highest BCUT2D eigenvalue weighted by atomic mass is 16.1. The fourth-order valence-corrected chi connectivity index (χ4v) is 1.91. The van der Waals surface area contributed by atoms with Gasteiger partial charge in [0.05, 0.1) is 0 Å². The standard InChI is InChI=1S/C15H17N3O/c1-4-13(19)17-14(15-16-9-10-18(15)3)12-7-5-11(2)6-8-12/h4-10,14H,1H2,2-3H3,(H,17,19). The molecule has 0 spiro atoms. The largest absolute Gasteiger partial charge is 0.339 e. The van der Waals surface area contributed by atoms with Gasteiger partial charge in [0.2, 0.25) is 5.91 Å². The maximum Gasteiger partial charge on any atom is 0.244 e. The number of aromatic nitrogens is 2. The van der Waals surface area contributed by atoms with Crippen molar-refractivity contribution in [3.05, 3.63) is 66.3 Å². The van der Waals surface area contributed by atoms with Crippen molar-refractivity contribution in [3.8, 4) is 0 Å². The number of carbonyl (C=O) groups excluding carboxylic acids is 1. The zero-order chi connectivity index (χ0) is 13.8. The van der Waals surface area contributed by atoms with Gasteiger partial charge in [0.15, 0.2) is 0 Å². The van der Waals surface area contributed by atoms with Crippen molar-refractivity contribution < 1.29 is 4.79 Å². The van der Waals surface area contributed by atoms with Crippen LogP contribution in [0.3, 0.4) is 0 Å². The first-order valence-electron chi connectivity index (χ1n) is 6.08. The lowest BCUT2D eigenvalue weighted by molar-refractivity contribution is -0.117. The first-order valence-corrected chi connectivity index (χ1v) is 6.08. The van der Waals surface area contributed by atoms with Crippen LogP contribution in [0.5, 0.6) is 0 Å². The molecule has 0 saturated heterocycles. The third kappa shape index (κ3) is 2.91. The predicted octanol–water partition coefficient (Wildman–Crippen LogP) is 2.12. The van der Waals surface area contributed by atoms with Crippen LogP contribution in [0, 0.1) is 6.92 Å². The zero-order valence-electron chi connectivity index (χ0n) is 11.1. The molecule has 4 heteroatoms. The third-order valence-corrected chi connectivity index (χ3v) is 3.00.